The highest BCUT2D eigenvalue weighted by atomic mass is 32.1. The van der Waals surface area contributed by atoms with Crippen LogP contribution in [0.4, 0.5) is 5.69 Å². The van der Waals surface area contributed by atoms with Crippen LogP contribution in [0.2, 0.25) is 0 Å². The van der Waals surface area contributed by atoms with Gasteiger partial charge in [-0.1, -0.05) is 36.4 Å². The van der Waals surface area contributed by atoms with Crippen molar-refractivity contribution in [2.75, 3.05) is 5.73 Å². The van der Waals surface area contributed by atoms with E-state index < -0.39 is 0 Å². The quantitative estimate of drug-likeness (QED) is 0.726. The van der Waals surface area contributed by atoms with Gasteiger partial charge in [-0.25, -0.2) is 4.98 Å². The molecule has 0 unspecified atom stereocenters. The molecule has 0 radical (unpaired) electrons. The van der Waals surface area contributed by atoms with Gasteiger partial charge in [0.15, 0.2) is 0 Å². The third-order valence-electron chi connectivity index (χ3n) is 3.15. The SMILES string of the molecule is Nc1cc(Cc2nccs2)ccc1OCc1ccccc1. The average Bonchev–Trinajstić information content (AvgIpc) is 3.00. The summed E-state index contributed by atoms with van der Waals surface area (Å²) in [6.07, 6.45) is 2.63. The molecular weight excluding hydrogens is 280 g/mol. The van der Waals surface area contributed by atoms with E-state index in [0.717, 1.165) is 28.3 Å². The van der Waals surface area contributed by atoms with Crippen LogP contribution in [-0.4, -0.2) is 4.98 Å². The van der Waals surface area contributed by atoms with Gasteiger partial charge in [-0.2, -0.15) is 0 Å². The predicted molar refractivity (Wildman–Crippen MR) is 86.5 cm³/mol. The van der Waals surface area contributed by atoms with Crippen LogP contribution in [0.25, 0.3) is 0 Å². The summed E-state index contributed by atoms with van der Waals surface area (Å²) in [5.74, 6) is 0.724. The molecule has 21 heavy (non-hydrogen) atoms. The number of nitrogens with two attached hydrogens (primary N) is 1. The van der Waals surface area contributed by atoms with Gasteiger partial charge in [-0.05, 0) is 23.3 Å². The first kappa shape index (κ1) is 13.6. The molecule has 0 saturated heterocycles. The molecule has 2 N–H and O–H groups in total. The van der Waals surface area contributed by atoms with E-state index in [-0.39, 0.29) is 0 Å². The maximum atomic E-state index is 6.07. The second-order valence-electron chi connectivity index (χ2n) is 4.75. The van der Waals surface area contributed by atoms with Crippen molar-refractivity contribution in [1.29, 1.82) is 0 Å². The van der Waals surface area contributed by atoms with E-state index >= 15 is 0 Å². The van der Waals surface area contributed by atoms with Crippen molar-refractivity contribution in [2.24, 2.45) is 0 Å². The lowest BCUT2D eigenvalue weighted by molar-refractivity contribution is 0.308. The van der Waals surface area contributed by atoms with Crippen molar-refractivity contribution >= 4 is 17.0 Å². The molecule has 0 amide bonds. The van der Waals surface area contributed by atoms with Gasteiger partial charge in [0.05, 0.1) is 10.7 Å². The zero-order chi connectivity index (χ0) is 14.5. The highest BCUT2D eigenvalue weighted by Crippen LogP contribution is 2.25. The summed E-state index contributed by atoms with van der Waals surface area (Å²) < 4.78 is 5.78. The molecule has 0 saturated carbocycles. The van der Waals surface area contributed by atoms with Crippen molar-refractivity contribution < 1.29 is 4.74 Å². The summed E-state index contributed by atoms with van der Waals surface area (Å²) in [5, 5.41) is 3.07. The average molecular weight is 296 g/mol. The fraction of sp³-hybridized carbons (Fsp3) is 0.118. The summed E-state index contributed by atoms with van der Waals surface area (Å²) in [4.78, 5) is 4.29. The molecule has 2 aromatic carbocycles. The van der Waals surface area contributed by atoms with Crippen molar-refractivity contribution in [3.63, 3.8) is 0 Å². The topological polar surface area (TPSA) is 48.1 Å². The molecule has 0 aliphatic rings. The highest BCUT2D eigenvalue weighted by Gasteiger charge is 2.05. The van der Waals surface area contributed by atoms with Crippen LogP contribution < -0.4 is 10.5 Å². The van der Waals surface area contributed by atoms with Crippen LogP contribution in [0.3, 0.4) is 0 Å². The summed E-state index contributed by atoms with van der Waals surface area (Å²) in [5.41, 5.74) is 9.02. The number of benzene rings is 2. The third kappa shape index (κ3) is 3.61. The zero-order valence-corrected chi connectivity index (χ0v) is 12.3. The van der Waals surface area contributed by atoms with Gasteiger partial charge in [0.2, 0.25) is 0 Å². The van der Waals surface area contributed by atoms with Crippen molar-refractivity contribution in [1.82, 2.24) is 4.98 Å². The summed E-state index contributed by atoms with van der Waals surface area (Å²) >= 11 is 1.65. The van der Waals surface area contributed by atoms with Crippen LogP contribution in [0.15, 0.2) is 60.1 Å². The Morgan fingerprint density at radius 1 is 1.05 bits per heavy atom. The number of nitrogens with zero attached hydrogens (tertiary/aromatic N) is 1. The Balaban J connectivity index is 1.67. The molecule has 1 heterocycles. The Morgan fingerprint density at radius 2 is 1.90 bits per heavy atom. The molecule has 0 bridgehead atoms. The Morgan fingerprint density at radius 3 is 2.62 bits per heavy atom. The van der Waals surface area contributed by atoms with Gasteiger partial charge in [-0.3, -0.25) is 0 Å². The summed E-state index contributed by atoms with van der Waals surface area (Å²) in [6.45, 7) is 0.525. The Kier molecular flexibility index (Phi) is 4.17. The first-order valence-corrected chi connectivity index (χ1v) is 7.63. The van der Waals surface area contributed by atoms with E-state index in [1.165, 1.54) is 0 Å². The largest absolute Gasteiger partial charge is 0.487 e. The van der Waals surface area contributed by atoms with Gasteiger partial charge < -0.3 is 10.5 Å². The number of nitrogen functional groups attached to an aromatic ring is 1. The smallest absolute Gasteiger partial charge is 0.142 e. The number of anilines is 1. The lowest BCUT2D eigenvalue weighted by Gasteiger charge is -2.10. The Bertz CT molecular complexity index is 696. The molecule has 3 rings (SSSR count). The second-order valence-corrected chi connectivity index (χ2v) is 5.73. The molecule has 0 aliphatic heterocycles. The number of aromatic nitrogens is 1. The van der Waals surface area contributed by atoms with Crippen LogP contribution in [-0.2, 0) is 13.0 Å². The zero-order valence-electron chi connectivity index (χ0n) is 11.5. The normalized spacial score (nSPS) is 10.5. The first-order chi connectivity index (χ1) is 10.3. The van der Waals surface area contributed by atoms with E-state index in [1.54, 1.807) is 11.3 Å². The number of ether oxygens (including phenoxy) is 1. The number of hydrogen-bond acceptors (Lipinski definition) is 4. The lowest BCUT2D eigenvalue weighted by Crippen LogP contribution is -1.99. The molecule has 0 spiro atoms. The highest BCUT2D eigenvalue weighted by molar-refractivity contribution is 7.09. The predicted octanol–water partition coefficient (Wildman–Crippen LogP) is 3.90. The first-order valence-electron chi connectivity index (χ1n) is 6.75. The Labute approximate surface area is 128 Å². The molecule has 0 atom stereocenters. The summed E-state index contributed by atoms with van der Waals surface area (Å²) in [7, 11) is 0. The second kappa shape index (κ2) is 6.41. The van der Waals surface area contributed by atoms with Gasteiger partial charge in [0.1, 0.15) is 12.4 Å². The van der Waals surface area contributed by atoms with E-state index in [1.807, 2.05) is 60.1 Å². The molecule has 0 fully saturated rings. The molecule has 0 aliphatic carbocycles. The number of hydrogen-bond donors (Lipinski definition) is 1. The Hall–Kier alpha value is -2.33. The number of thiazole rings is 1. The van der Waals surface area contributed by atoms with Crippen LogP contribution in [0.5, 0.6) is 5.75 Å². The molecular formula is C17H16N2OS. The molecule has 1 aromatic heterocycles. The van der Waals surface area contributed by atoms with E-state index in [0.29, 0.717) is 12.3 Å². The standard InChI is InChI=1S/C17H16N2OS/c18-15-10-14(11-17-19-8-9-21-17)6-7-16(15)20-12-13-4-2-1-3-5-13/h1-10H,11-12,18H2. The van der Waals surface area contributed by atoms with Crippen molar-refractivity contribution in [3.05, 3.63) is 76.2 Å². The monoisotopic (exact) mass is 296 g/mol. The molecule has 106 valence electrons. The van der Waals surface area contributed by atoms with E-state index in [9.17, 15) is 0 Å². The maximum absolute atomic E-state index is 6.07. The van der Waals surface area contributed by atoms with Crippen molar-refractivity contribution in [2.45, 2.75) is 13.0 Å². The lowest BCUT2D eigenvalue weighted by atomic mass is 10.1. The van der Waals surface area contributed by atoms with E-state index in [4.69, 9.17) is 10.5 Å². The fourth-order valence-electron chi connectivity index (χ4n) is 2.09. The minimum Gasteiger partial charge on any atom is -0.487 e. The van der Waals surface area contributed by atoms with Gasteiger partial charge >= 0.3 is 0 Å². The molecule has 4 heteroatoms. The molecule has 3 nitrogen and oxygen atoms in total. The van der Waals surface area contributed by atoms with Gasteiger partial charge in [0, 0.05) is 18.0 Å². The minimum atomic E-state index is 0.525. The van der Waals surface area contributed by atoms with Gasteiger partial charge in [-0.15, -0.1) is 11.3 Å². The molecule has 3 aromatic rings. The minimum absolute atomic E-state index is 0.525. The summed E-state index contributed by atoms with van der Waals surface area (Å²) in [6, 6.07) is 16.0. The van der Waals surface area contributed by atoms with Gasteiger partial charge in [0.25, 0.3) is 0 Å². The van der Waals surface area contributed by atoms with Crippen LogP contribution >= 0.6 is 11.3 Å². The van der Waals surface area contributed by atoms with E-state index in [2.05, 4.69) is 4.98 Å². The maximum Gasteiger partial charge on any atom is 0.142 e. The van der Waals surface area contributed by atoms with Crippen LogP contribution in [0, 0.1) is 0 Å². The third-order valence-corrected chi connectivity index (χ3v) is 3.93. The number of rotatable bonds is 5. The fourth-order valence-corrected chi connectivity index (χ4v) is 2.74. The van der Waals surface area contributed by atoms with Crippen molar-refractivity contribution in [3.8, 4) is 5.75 Å². The van der Waals surface area contributed by atoms with Crippen LogP contribution in [0.1, 0.15) is 16.1 Å².